The SMILES string of the molecule is O=C1CC(N(Cc2ccc(F)cc2)C(=O)Cc2ccccc2)C(=O)N1c1ccc(I)cc1. The molecule has 1 fully saturated rings. The molecule has 3 amide bonds. The molecule has 7 heteroatoms. The van der Waals surface area contributed by atoms with Gasteiger partial charge in [-0.05, 0) is 70.1 Å². The number of carbonyl (C=O) groups excluding carboxylic acids is 3. The second-order valence-corrected chi connectivity index (χ2v) is 8.82. The molecule has 1 saturated heterocycles. The summed E-state index contributed by atoms with van der Waals surface area (Å²) < 4.78 is 14.3. The van der Waals surface area contributed by atoms with Crippen molar-refractivity contribution >= 4 is 46.0 Å². The maximum Gasteiger partial charge on any atom is 0.257 e. The number of nitrogens with zero attached hydrogens (tertiary/aromatic N) is 2. The monoisotopic (exact) mass is 542 g/mol. The molecule has 0 saturated carbocycles. The molecular formula is C25H20FIN2O3. The third-order valence-electron chi connectivity index (χ3n) is 5.37. The van der Waals surface area contributed by atoms with E-state index in [0.717, 1.165) is 14.0 Å². The quantitative estimate of drug-likeness (QED) is 0.344. The van der Waals surface area contributed by atoms with E-state index >= 15 is 0 Å². The number of halogens is 2. The average Bonchev–Trinajstić information content (AvgIpc) is 3.08. The topological polar surface area (TPSA) is 57.7 Å². The Labute approximate surface area is 199 Å². The van der Waals surface area contributed by atoms with Gasteiger partial charge in [0.25, 0.3) is 5.91 Å². The summed E-state index contributed by atoms with van der Waals surface area (Å²) in [5, 5.41) is 0. The summed E-state index contributed by atoms with van der Waals surface area (Å²) in [4.78, 5) is 41.9. The molecule has 162 valence electrons. The summed E-state index contributed by atoms with van der Waals surface area (Å²) in [6.45, 7) is 0.107. The minimum Gasteiger partial charge on any atom is -0.325 e. The maximum atomic E-state index is 13.4. The van der Waals surface area contributed by atoms with Gasteiger partial charge in [-0.15, -0.1) is 0 Å². The molecule has 1 unspecified atom stereocenters. The van der Waals surface area contributed by atoms with E-state index in [1.165, 1.54) is 17.0 Å². The van der Waals surface area contributed by atoms with E-state index in [0.29, 0.717) is 11.3 Å². The molecule has 1 aliphatic rings. The van der Waals surface area contributed by atoms with Crippen molar-refractivity contribution in [2.75, 3.05) is 4.90 Å². The summed E-state index contributed by atoms with van der Waals surface area (Å²) >= 11 is 2.15. The first kappa shape index (κ1) is 22.1. The normalized spacial score (nSPS) is 15.8. The van der Waals surface area contributed by atoms with E-state index in [2.05, 4.69) is 22.6 Å². The standard InChI is InChI=1S/C25H20FIN2O3/c26-19-8-6-18(7-9-19)16-28(23(30)14-17-4-2-1-3-5-17)22-15-24(31)29(25(22)32)21-12-10-20(27)11-13-21/h1-13,22H,14-16H2. The van der Waals surface area contributed by atoms with Crippen LogP contribution in [0, 0.1) is 9.39 Å². The molecule has 5 nitrogen and oxygen atoms in total. The third kappa shape index (κ3) is 4.88. The highest BCUT2D eigenvalue weighted by molar-refractivity contribution is 14.1. The van der Waals surface area contributed by atoms with Crippen LogP contribution in [-0.4, -0.2) is 28.7 Å². The lowest BCUT2D eigenvalue weighted by atomic mass is 10.1. The van der Waals surface area contributed by atoms with Gasteiger partial charge in [0, 0.05) is 10.1 Å². The van der Waals surface area contributed by atoms with Gasteiger partial charge < -0.3 is 4.90 Å². The lowest BCUT2D eigenvalue weighted by Crippen LogP contribution is -2.45. The third-order valence-corrected chi connectivity index (χ3v) is 6.09. The highest BCUT2D eigenvalue weighted by Gasteiger charge is 2.44. The van der Waals surface area contributed by atoms with Gasteiger partial charge in [-0.3, -0.25) is 14.4 Å². The van der Waals surface area contributed by atoms with E-state index in [1.54, 1.807) is 24.3 Å². The molecule has 1 aliphatic heterocycles. The van der Waals surface area contributed by atoms with Crippen molar-refractivity contribution in [1.82, 2.24) is 4.90 Å². The van der Waals surface area contributed by atoms with E-state index in [4.69, 9.17) is 0 Å². The van der Waals surface area contributed by atoms with Gasteiger partial charge in [-0.2, -0.15) is 0 Å². The van der Waals surface area contributed by atoms with E-state index in [1.807, 2.05) is 42.5 Å². The van der Waals surface area contributed by atoms with Crippen LogP contribution in [0.25, 0.3) is 0 Å². The zero-order valence-corrected chi connectivity index (χ0v) is 19.2. The second-order valence-electron chi connectivity index (χ2n) is 7.57. The van der Waals surface area contributed by atoms with Crippen molar-refractivity contribution in [3.8, 4) is 0 Å². The number of rotatable bonds is 6. The van der Waals surface area contributed by atoms with Crippen LogP contribution in [0.2, 0.25) is 0 Å². The summed E-state index contributed by atoms with van der Waals surface area (Å²) in [7, 11) is 0. The molecular weight excluding hydrogens is 522 g/mol. The van der Waals surface area contributed by atoms with Crippen LogP contribution >= 0.6 is 22.6 Å². The number of benzene rings is 3. The highest BCUT2D eigenvalue weighted by atomic mass is 127. The van der Waals surface area contributed by atoms with E-state index in [9.17, 15) is 18.8 Å². The Morgan fingerprint density at radius 1 is 0.938 bits per heavy atom. The molecule has 1 atom stereocenters. The fourth-order valence-corrected chi connectivity index (χ4v) is 4.11. The lowest BCUT2D eigenvalue weighted by molar-refractivity contribution is -0.138. The highest BCUT2D eigenvalue weighted by Crippen LogP contribution is 2.28. The summed E-state index contributed by atoms with van der Waals surface area (Å²) in [6, 6.07) is 21.2. The Bertz CT molecular complexity index is 1130. The van der Waals surface area contributed by atoms with Crippen molar-refractivity contribution < 1.29 is 18.8 Å². The smallest absolute Gasteiger partial charge is 0.257 e. The molecule has 0 aliphatic carbocycles. The summed E-state index contributed by atoms with van der Waals surface area (Å²) in [6.07, 6.45) is 0.0100. The minimum absolute atomic E-state index is 0.0907. The Morgan fingerprint density at radius 2 is 1.59 bits per heavy atom. The van der Waals surface area contributed by atoms with E-state index in [-0.39, 0.29) is 37.0 Å². The molecule has 32 heavy (non-hydrogen) atoms. The minimum atomic E-state index is -0.914. The van der Waals surface area contributed by atoms with Gasteiger partial charge in [0.15, 0.2) is 0 Å². The van der Waals surface area contributed by atoms with E-state index < -0.39 is 11.9 Å². The van der Waals surface area contributed by atoms with Gasteiger partial charge in [-0.1, -0.05) is 42.5 Å². The van der Waals surface area contributed by atoms with Crippen molar-refractivity contribution in [2.24, 2.45) is 0 Å². The predicted octanol–water partition coefficient (Wildman–Crippen LogP) is 4.33. The number of hydrogen-bond acceptors (Lipinski definition) is 3. The van der Waals surface area contributed by atoms with Gasteiger partial charge in [-0.25, -0.2) is 9.29 Å². The van der Waals surface area contributed by atoms with Crippen LogP contribution in [0.15, 0.2) is 78.9 Å². The van der Waals surface area contributed by atoms with Gasteiger partial charge in [0.1, 0.15) is 11.9 Å². The number of hydrogen-bond donors (Lipinski definition) is 0. The molecule has 0 bridgehead atoms. The number of anilines is 1. The van der Waals surface area contributed by atoms with Crippen LogP contribution in [0.3, 0.4) is 0 Å². The van der Waals surface area contributed by atoms with Crippen molar-refractivity contribution in [3.05, 3.63) is 99.4 Å². The fourth-order valence-electron chi connectivity index (χ4n) is 3.75. The first-order chi connectivity index (χ1) is 15.4. The Balaban J connectivity index is 1.63. The number of carbonyl (C=O) groups is 3. The van der Waals surface area contributed by atoms with Crippen LogP contribution in [-0.2, 0) is 27.3 Å². The molecule has 1 heterocycles. The summed E-state index contributed by atoms with van der Waals surface area (Å²) in [5.74, 6) is -1.43. The number of amides is 3. The Kier molecular flexibility index (Phi) is 6.64. The second kappa shape index (κ2) is 9.60. The Morgan fingerprint density at radius 3 is 2.25 bits per heavy atom. The molecule has 4 rings (SSSR count). The van der Waals surface area contributed by atoms with Crippen molar-refractivity contribution in [2.45, 2.75) is 25.4 Å². The first-order valence-corrected chi connectivity index (χ1v) is 11.2. The average molecular weight is 542 g/mol. The van der Waals surface area contributed by atoms with Gasteiger partial charge in [0.05, 0.1) is 18.5 Å². The van der Waals surface area contributed by atoms with Crippen LogP contribution in [0.4, 0.5) is 10.1 Å². The molecule has 0 aromatic heterocycles. The van der Waals surface area contributed by atoms with Gasteiger partial charge >= 0.3 is 0 Å². The summed E-state index contributed by atoms with van der Waals surface area (Å²) in [5.41, 5.74) is 1.98. The zero-order chi connectivity index (χ0) is 22.7. The van der Waals surface area contributed by atoms with Crippen molar-refractivity contribution in [1.29, 1.82) is 0 Å². The van der Waals surface area contributed by atoms with Gasteiger partial charge in [0.2, 0.25) is 11.8 Å². The molecule has 3 aromatic rings. The van der Waals surface area contributed by atoms with Crippen molar-refractivity contribution in [3.63, 3.8) is 0 Å². The largest absolute Gasteiger partial charge is 0.325 e. The zero-order valence-electron chi connectivity index (χ0n) is 17.1. The lowest BCUT2D eigenvalue weighted by Gasteiger charge is -2.28. The van der Waals surface area contributed by atoms with Crippen LogP contribution < -0.4 is 4.90 Å². The van der Waals surface area contributed by atoms with Crippen LogP contribution in [0.1, 0.15) is 17.5 Å². The predicted molar refractivity (Wildman–Crippen MR) is 127 cm³/mol. The molecule has 0 N–H and O–H groups in total. The first-order valence-electron chi connectivity index (χ1n) is 10.1. The maximum absolute atomic E-state index is 13.4. The molecule has 0 spiro atoms. The Hall–Kier alpha value is -3.07. The molecule has 3 aromatic carbocycles. The molecule has 0 radical (unpaired) electrons. The van der Waals surface area contributed by atoms with Crippen LogP contribution in [0.5, 0.6) is 0 Å². The fraction of sp³-hybridized carbons (Fsp3) is 0.160. The number of imide groups is 1.